The molecule has 7 nitrogen and oxygen atoms in total. The smallest absolute Gasteiger partial charge is 0.285 e. The van der Waals surface area contributed by atoms with Crippen LogP contribution in [0.1, 0.15) is 24.0 Å². The van der Waals surface area contributed by atoms with Gasteiger partial charge in [-0.3, -0.25) is 0 Å². The first-order chi connectivity index (χ1) is 16.2. The van der Waals surface area contributed by atoms with Crippen LogP contribution in [-0.4, -0.2) is 37.5 Å². The lowest BCUT2D eigenvalue weighted by molar-refractivity contribution is 0.470. The Morgan fingerprint density at radius 1 is 0.971 bits per heavy atom. The van der Waals surface area contributed by atoms with Gasteiger partial charge >= 0.3 is 0 Å². The van der Waals surface area contributed by atoms with Crippen molar-refractivity contribution in [3.8, 4) is 0 Å². The van der Waals surface area contributed by atoms with Crippen LogP contribution in [0.15, 0.2) is 98.2 Å². The Balaban J connectivity index is 1.80. The van der Waals surface area contributed by atoms with Crippen molar-refractivity contribution in [3.63, 3.8) is 0 Å². The largest absolute Gasteiger partial charge is 0.387 e. The van der Waals surface area contributed by atoms with E-state index in [9.17, 15) is 8.42 Å². The van der Waals surface area contributed by atoms with Crippen LogP contribution in [0.25, 0.3) is 0 Å². The average molecular weight is 514 g/mol. The maximum absolute atomic E-state index is 13.0. The molecule has 174 valence electrons. The van der Waals surface area contributed by atoms with Crippen molar-refractivity contribution in [2.24, 2.45) is 20.2 Å². The Labute approximate surface area is 208 Å². The summed E-state index contributed by atoms with van der Waals surface area (Å²) in [6.45, 7) is 1.88. The minimum absolute atomic E-state index is 0.0139. The number of sulfonamides is 1. The van der Waals surface area contributed by atoms with Crippen molar-refractivity contribution in [1.82, 2.24) is 5.01 Å². The van der Waals surface area contributed by atoms with Gasteiger partial charge in [-0.1, -0.05) is 65.7 Å². The normalized spacial score (nSPS) is 17.1. The lowest BCUT2D eigenvalue weighted by atomic mass is 9.91. The van der Waals surface area contributed by atoms with E-state index in [0.717, 1.165) is 16.8 Å². The molecule has 34 heavy (non-hydrogen) atoms. The molecular formula is C24H21Cl2N5O2S. The molecule has 0 radical (unpaired) electrons. The molecule has 0 unspecified atom stereocenters. The first kappa shape index (κ1) is 23.9. The van der Waals surface area contributed by atoms with Gasteiger partial charge in [0.15, 0.2) is 0 Å². The highest BCUT2D eigenvalue weighted by Crippen LogP contribution is 2.30. The van der Waals surface area contributed by atoms with E-state index in [1.807, 2.05) is 42.5 Å². The second-order valence-electron chi connectivity index (χ2n) is 7.61. The molecule has 3 aromatic carbocycles. The topological polar surface area (TPSA) is 100 Å². The highest BCUT2D eigenvalue weighted by Gasteiger charge is 2.32. The second kappa shape index (κ2) is 9.97. The molecule has 1 atom stereocenters. The van der Waals surface area contributed by atoms with Crippen LogP contribution < -0.4 is 5.73 Å². The number of nitrogens with zero attached hydrogens (tertiary/aromatic N) is 4. The molecule has 1 aliphatic rings. The summed E-state index contributed by atoms with van der Waals surface area (Å²) in [5.74, 6) is -0.129. The highest BCUT2D eigenvalue weighted by atomic mass is 35.5. The van der Waals surface area contributed by atoms with Crippen LogP contribution in [0.5, 0.6) is 0 Å². The fourth-order valence-electron chi connectivity index (χ4n) is 3.50. The molecule has 1 heterocycles. The molecule has 4 rings (SSSR count). The number of guanidine groups is 1. The number of rotatable bonds is 4. The van der Waals surface area contributed by atoms with Crippen molar-refractivity contribution >= 4 is 50.7 Å². The van der Waals surface area contributed by atoms with Gasteiger partial charge in [-0.2, -0.15) is 18.5 Å². The minimum atomic E-state index is -4.09. The molecule has 2 N–H and O–H groups in total. The van der Waals surface area contributed by atoms with E-state index in [2.05, 4.69) is 9.39 Å². The fourth-order valence-corrected chi connectivity index (χ4v) is 4.69. The molecule has 0 bridgehead atoms. The maximum Gasteiger partial charge on any atom is 0.285 e. The maximum atomic E-state index is 13.0. The number of nitrogens with two attached hydrogens (primary N) is 1. The Morgan fingerprint density at radius 2 is 1.56 bits per heavy atom. The van der Waals surface area contributed by atoms with E-state index in [4.69, 9.17) is 34.0 Å². The lowest BCUT2D eigenvalue weighted by Gasteiger charge is -2.16. The molecule has 0 fully saturated rings. The van der Waals surface area contributed by atoms with E-state index >= 15 is 0 Å². The van der Waals surface area contributed by atoms with E-state index in [1.54, 1.807) is 19.1 Å². The fraction of sp³-hybridized carbons (Fsp3) is 0.125. The third kappa shape index (κ3) is 5.47. The second-order valence-corrected chi connectivity index (χ2v) is 10.1. The van der Waals surface area contributed by atoms with Crippen LogP contribution in [0.4, 0.5) is 0 Å². The summed E-state index contributed by atoms with van der Waals surface area (Å²) < 4.78 is 30.0. The van der Waals surface area contributed by atoms with Crippen molar-refractivity contribution < 1.29 is 8.42 Å². The molecule has 0 saturated heterocycles. The summed E-state index contributed by atoms with van der Waals surface area (Å²) in [5, 5.41) is 7.21. The van der Waals surface area contributed by atoms with Crippen LogP contribution >= 0.6 is 23.2 Å². The van der Waals surface area contributed by atoms with E-state index in [-0.39, 0.29) is 22.6 Å². The zero-order valence-corrected chi connectivity index (χ0v) is 20.5. The average Bonchev–Trinajstić information content (AvgIpc) is 3.25. The Kier molecular flexibility index (Phi) is 7.02. The van der Waals surface area contributed by atoms with Gasteiger partial charge in [-0.25, -0.2) is 5.01 Å². The van der Waals surface area contributed by atoms with Crippen LogP contribution in [0.2, 0.25) is 10.0 Å². The van der Waals surface area contributed by atoms with Crippen molar-refractivity contribution in [3.05, 3.63) is 100 Å². The Hall–Kier alpha value is -3.20. The van der Waals surface area contributed by atoms with Gasteiger partial charge < -0.3 is 5.73 Å². The summed E-state index contributed by atoms with van der Waals surface area (Å²) >= 11 is 12.0. The van der Waals surface area contributed by atoms with Gasteiger partial charge in [-0.15, -0.1) is 4.40 Å². The number of benzene rings is 3. The van der Waals surface area contributed by atoms with Gasteiger partial charge in [0, 0.05) is 16.0 Å². The summed E-state index contributed by atoms with van der Waals surface area (Å²) in [5.41, 5.74) is 8.43. The van der Waals surface area contributed by atoms with Gasteiger partial charge in [-0.05, 0) is 54.4 Å². The van der Waals surface area contributed by atoms with E-state index in [0.29, 0.717) is 16.6 Å². The molecule has 0 aromatic heterocycles. The van der Waals surface area contributed by atoms with Gasteiger partial charge in [0.05, 0.1) is 23.0 Å². The summed E-state index contributed by atoms with van der Waals surface area (Å²) in [6.07, 6.45) is 0. The number of aliphatic imine (C=N–C) groups is 1. The highest BCUT2D eigenvalue weighted by molar-refractivity contribution is 7.90. The van der Waals surface area contributed by atoms with Crippen LogP contribution in [0.3, 0.4) is 0 Å². The zero-order valence-electron chi connectivity index (χ0n) is 18.1. The monoisotopic (exact) mass is 513 g/mol. The third-order valence-corrected chi connectivity index (χ3v) is 6.85. The molecule has 0 spiro atoms. The minimum Gasteiger partial charge on any atom is -0.387 e. The molecule has 1 aliphatic heterocycles. The summed E-state index contributed by atoms with van der Waals surface area (Å²) in [4.78, 5) is 4.18. The zero-order chi connectivity index (χ0) is 24.3. The van der Waals surface area contributed by atoms with Gasteiger partial charge in [0.25, 0.3) is 16.0 Å². The number of amidine groups is 1. The Bertz CT molecular complexity index is 1370. The van der Waals surface area contributed by atoms with Crippen molar-refractivity contribution in [1.29, 1.82) is 0 Å². The van der Waals surface area contributed by atoms with Crippen LogP contribution in [0, 0.1) is 0 Å². The van der Waals surface area contributed by atoms with Gasteiger partial charge in [0.1, 0.15) is 0 Å². The first-order valence-corrected chi connectivity index (χ1v) is 12.5. The molecule has 0 saturated carbocycles. The first-order valence-electron chi connectivity index (χ1n) is 10.3. The molecule has 0 aliphatic carbocycles. The molecule has 3 aromatic rings. The van der Waals surface area contributed by atoms with Crippen molar-refractivity contribution in [2.45, 2.75) is 17.7 Å². The van der Waals surface area contributed by atoms with Crippen molar-refractivity contribution in [2.75, 3.05) is 6.54 Å². The number of hydrogen-bond donors (Lipinski definition) is 1. The SMILES string of the molecule is C/C(N)=N\C(=N/S(=O)(=O)c1ccc(Cl)cc1)N1C[C@@H](c2ccccc2)C(c2ccc(Cl)cc2)=N1. The Morgan fingerprint density at radius 3 is 2.15 bits per heavy atom. The third-order valence-electron chi connectivity index (χ3n) is 5.08. The lowest BCUT2D eigenvalue weighted by Crippen LogP contribution is -2.27. The molecular weight excluding hydrogens is 493 g/mol. The summed E-state index contributed by atoms with van der Waals surface area (Å²) in [6, 6.07) is 22.9. The predicted molar refractivity (Wildman–Crippen MR) is 137 cm³/mol. The van der Waals surface area contributed by atoms with Gasteiger partial charge in [0.2, 0.25) is 0 Å². The predicted octanol–water partition coefficient (Wildman–Crippen LogP) is 4.92. The number of halogens is 2. The van der Waals surface area contributed by atoms with E-state index < -0.39 is 10.0 Å². The summed E-state index contributed by atoms with van der Waals surface area (Å²) in [7, 11) is -4.09. The number of hydrogen-bond acceptors (Lipinski definition) is 3. The molecule has 0 amide bonds. The quantitative estimate of drug-likeness (QED) is 0.395. The number of hydrazone groups is 1. The molecule has 10 heteroatoms. The van der Waals surface area contributed by atoms with E-state index in [1.165, 1.54) is 29.3 Å². The standard InChI is InChI=1S/C24H21Cl2N5O2S/c1-16(27)28-24(30-34(32,33)21-13-11-20(26)12-14-21)31-15-22(17-5-3-2-4-6-17)23(29-31)18-7-9-19(25)10-8-18/h2-14,22H,15H2,1H3,(H2,27,28,30)/t22-/m0/s1. The van der Waals surface area contributed by atoms with Crippen LogP contribution in [-0.2, 0) is 10.0 Å².